The second-order valence-corrected chi connectivity index (χ2v) is 3.87. The van der Waals surface area contributed by atoms with Crippen LogP contribution in [-0.2, 0) is 4.74 Å². The molecule has 0 radical (unpaired) electrons. The fraction of sp³-hybridized carbons (Fsp3) is 0.357. The van der Waals surface area contributed by atoms with Crippen molar-refractivity contribution in [1.82, 2.24) is 0 Å². The highest BCUT2D eigenvalue weighted by Crippen LogP contribution is 2.26. The van der Waals surface area contributed by atoms with Gasteiger partial charge in [0.05, 0.1) is 18.7 Å². The highest BCUT2D eigenvalue weighted by molar-refractivity contribution is 5.87. The molecule has 2 rings (SSSR count). The molecule has 1 aliphatic heterocycles. The molecule has 1 aromatic carbocycles. The summed E-state index contributed by atoms with van der Waals surface area (Å²) in [5.74, 6) is 7.69. The predicted molar refractivity (Wildman–Crippen MR) is 67.6 cm³/mol. The highest BCUT2D eigenvalue weighted by atomic mass is 16.5. The van der Waals surface area contributed by atoms with Crippen LogP contribution in [0.3, 0.4) is 0 Å². The molecule has 0 amide bonds. The SMILES string of the molecule is CC#C[C@H]1OC(=Nc2ccc(OC)cc2)[C@@H]1C. The van der Waals surface area contributed by atoms with E-state index in [1.807, 2.05) is 31.2 Å². The largest absolute Gasteiger partial charge is 0.497 e. The van der Waals surface area contributed by atoms with Crippen molar-refractivity contribution in [1.29, 1.82) is 0 Å². The van der Waals surface area contributed by atoms with E-state index in [1.165, 1.54) is 0 Å². The summed E-state index contributed by atoms with van der Waals surface area (Å²) in [6.07, 6.45) is -0.00278. The van der Waals surface area contributed by atoms with Gasteiger partial charge < -0.3 is 9.47 Å². The van der Waals surface area contributed by atoms with E-state index in [-0.39, 0.29) is 12.0 Å². The van der Waals surface area contributed by atoms with Crippen molar-refractivity contribution in [3.63, 3.8) is 0 Å². The molecule has 17 heavy (non-hydrogen) atoms. The number of methoxy groups -OCH3 is 1. The Morgan fingerprint density at radius 1 is 1.29 bits per heavy atom. The zero-order valence-electron chi connectivity index (χ0n) is 10.2. The summed E-state index contributed by atoms with van der Waals surface area (Å²) in [6, 6.07) is 7.57. The second kappa shape index (κ2) is 4.92. The third kappa shape index (κ3) is 2.42. The first-order valence-electron chi connectivity index (χ1n) is 5.56. The van der Waals surface area contributed by atoms with Crippen molar-refractivity contribution >= 4 is 11.6 Å². The van der Waals surface area contributed by atoms with Gasteiger partial charge in [0.2, 0.25) is 0 Å². The van der Waals surface area contributed by atoms with Gasteiger partial charge in [0.25, 0.3) is 0 Å². The van der Waals surface area contributed by atoms with Crippen LogP contribution in [-0.4, -0.2) is 19.1 Å². The van der Waals surface area contributed by atoms with E-state index >= 15 is 0 Å². The number of hydrogen-bond acceptors (Lipinski definition) is 3. The third-order valence-electron chi connectivity index (χ3n) is 2.69. The van der Waals surface area contributed by atoms with E-state index in [9.17, 15) is 0 Å². The molecule has 1 saturated heterocycles. The molecule has 3 heteroatoms. The van der Waals surface area contributed by atoms with Gasteiger partial charge in [-0.15, -0.1) is 5.92 Å². The summed E-state index contributed by atoms with van der Waals surface area (Å²) >= 11 is 0. The van der Waals surface area contributed by atoms with Gasteiger partial charge in [-0.1, -0.05) is 5.92 Å². The third-order valence-corrected chi connectivity index (χ3v) is 2.69. The standard InChI is InChI=1S/C14H15NO2/c1-4-5-13-10(2)14(17-13)15-11-6-8-12(16-3)9-7-11/h6-10,13H,1-3H3/t10-,13-/m1/s1. The van der Waals surface area contributed by atoms with Crippen LogP contribution in [0.1, 0.15) is 13.8 Å². The number of aliphatic imine (C=N–C) groups is 1. The monoisotopic (exact) mass is 229 g/mol. The Morgan fingerprint density at radius 3 is 2.53 bits per heavy atom. The Morgan fingerprint density at radius 2 is 2.00 bits per heavy atom. The molecule has 0 aromatic heterocycles. The normalized spacial score (nSPS) is 24.3. The molecule has 88 valence electrons. The lowest BCUT2D eigenvalue weighted by molar-refractivity contribution is 0.116. The van der Waals surface area contributed by atoms with Gasteiger partial charge in [0.15, 0.2) is 12.0 Å². The van der Waals surface area contributed by atoms with Gasteiger partial charge in [-0.3, -0.25) is 0 Å². The Balaban J connectivity index is 2.07. The lowest BCUT2D eigenvalue weighted by Gasteiger charge is -2.32. The minimum Gasteiger partial charge on any atom is -0.497 e. The molecule has 0 saturated carbocycles. The first-order valence-corrected chi connectivity index (χ1v) is 5.56. The molecule has 1 aliphatic rings. The van der Waals surface area contributed by atoms with Crippen molar-refractivity contribution in [3.8, 4) is 17.6 Å². The van der Waals surface area contributed by atoms with E-state index in [4.69, 9.17) is 9.47 Å². The van der Waals surface area contributed by atoms with Crippen LogP contribution in [0, 0.1) is 17.8 Å². The minimum atomic E-state index is -0.00278. The van der Waals surface area contributed by atoms with E-state index < -0.39 is 0 Å². The van der Waals surface area contributed by atoms with E-state index in [0.717, 1.165) is 17.3 Å². The van der Waals surface area contributed by atoms with Crippen LogP contribution in [0.25, 0.3) is 0 Å². The first kappa shape index (κ1) is 11.5. The van der Waals surface area contributed by atoms with Crippen molar-refractivity contribution in [2.45, 2.75) is 20.0 Å². The molecular formula is C14H15NO2. The fourth-order valence-electron chi connectivity index (χ4n) is 1.61. The molecule has 0 aliphatic carbocycles. The summed E-state index contributed by atoms with van der Waals surface area (Å²) in [5, 5.41) is 0. The quantitative estimate of drug-likeness (QED) is 0.730. The molecule has 2 atom stereocenters. The first-order chi connectivity index (χ1) is 8.24. The van der Waals surface area contributed by atoms with E-state index in [0.29, 0.717) is 0 Å². The topological polar surface area (TPSA) is 30.8 Å². The Bertz CT molecular complexity index is 479. The van der Waals surface area contributed by atoms with Crippen LogP contribution >= 0.6 is 0 Å². The molecule has 1 heterocycles. The van der Waals surface area contributed by atoms with Crippen molar-refractivity contribution in [3.05, 3.63) is 24.3 Å². The zero-order valence-corrected chi connectivity index (χ0v) is 10.2. The molecule has 0 bridgehead atoms. The van der Waals surface area contributed by atoms with Gasteiger partial charge in [-0.2, -0.15) is 0 Å². The molecule has 0 unspecified atom stereocenters. The molecule has 0 N–H and O–H groups in total. The summed E-state index contributed by atoms with van der Waals surface area (Å²) in [7, 11) is 1.64. The fourth-order valence-corrected chi connectivity index (χ4v) is 1.61. The number of rotatable bonds is 2. The van der Waals surface area contributed by atoms with Crippen LogP contribution in [0.4, 0.5) is 5.69 Å². The molecule has 1 aromatic rings. The maximum Gasteiger partial charge on any atom is 0.197 e. The van der Waals surface area contributed by atoms with Crippen LogP contribution in [0.5, 0.6) is 5.75 Å². The van der Waals surface area contributed by atoms with Crippen LogP contribution in [0.15, 0.2) is 29.3 Å². The zero-order chi connectivity index (χ0) is 12.3. The lowest BCUT2D eigenvalue weighted by atomic mass is 9.99. The molecule has 1 fully saturated rings. The summed E-state index contributed by atoms with van der Waals surface area (Å²) in [4.78, 5) is 4.42. The average Bonchev–Trinajstić information content (AvgIpc) is 2.38. The Labute approximate surface area is 101 Å². The summed E-state index contributed by atoms with van der Waals surface area (Å²) < 4.78 is 10.6. The van der Waals surface area contributed by atoms with Crippen molar-refractivity contribution in [2.24, 2.45) is 10.9 Å². The maximum absolute atomic E-state index is 5.50. The summed E-state index contributed by atoms with van der Waals surface area (Å²) in [5.41, 5.74) is 0.871. The second-order valence-electron chi connectivity index (χ2n) is 3.87. The molecular weight excluding hydrogens is 214 g/mol. The van der Waals surface area contributed by atoms with Crippen molar-refractivity contribution in [2.75, 3.05) is 7.11 Å². The highest BCUT2D eigenvalue weighted by Gasteiger charge is 2.35. The van der Waals surface area contributed by atoms with Crippen LogP contribution < -0.4 is 4.74 Å². The Hall–Kier alpha value is -1.95. The number of ether oxygens (including phenoxy) is 2. The van der Waals surface area contributed by atoms with Gasteiger partial charge in [-0.05, 0) is 38.1 Å². The van der Waals surface area contributed by atoms with Crippen LogP contribution in [0.2, 0.25) is 0 Å². The van der Waals surface area contributed by atoms with E-state index in [2.05, 4.69) is 23.8 Å². The van der Waals surface area contributed by atoms with Gasteiger partial charge in [0, 0.05) is 0 Å². The van der Waals surface area contributed by atoms with E-state index in [1.54, 1.807) is 7.11 Å². The smallest absolute Gasteiger partial charge is 0.197 e. The van der Waals surface area contributed by atoms with Gasteiger partial charge >= 0.3 is 0 Å². The van der Waals surface area contributed by atoms with Crippen molar-refractivity contribution < 1.29 is 9.47 Å². The average molecular weight is 229 g/mol. The summed E-state index contributed by atoms with van der Waals surface area (Å²) in [6.45, 7) is 3.88. The number of benzene rings is 1. The number of hydrogen-bond donors (Lipinski definition) is 0. The van der Waals surface area contributed by atoms with Gasteiger partial charge in [0.1, 0.15) is 5.75 Å². The lowest BCUT2D eigenvalue weighted by Crippen LogP contribution is -2.42. The Kier molecular flexibility index (Phi) is 3.34. The minimum absolute atomic E-state index is 0.00278. The predicted octanol–water partition coefficient (Wildman–Crippen LogP) is 2.78. The molecule has 0 spiro atoms. The van der Waals surface area contributed by atoms with Gasteiger partial charge in [-0.25, -0.2) is 4.99 Å². The number of nitrogens with zero attached hydrogens (tertiary/aromatic N) is 1. The maximum atomic E-state index is 5.50. The molecule has 3 nitrogen and oxygen atoms in total.